The molecule has 50 heavy (non-hydrogen) atoms. The van der Waals surface area contributed by atoms with Gasteiger partial charge in [-0.05, 0) is 51.7 Å². The van der Waals surface area contributed by atoms with Gasteiger partial charge in [-0.15, -0.1) is 0 Å². The van der Waals surface area contributed by atoms with Gasteiger partial charge in [0.2, 0.25) is 15.9 Å². The van der Waals surface area contributed by atoms with Crippen molar-refractivity contribution >= 4 is 22.0 Å². The summed E-state index contributed by atoms with van der Waals surface area (Å²) in [6.45, 7) is 7.04. The highest BCUT2D eigenvalue weighted by molar-refractivity contribution is 7.89. The van der Waals surface area contributed by atoms with Crippen molar-refractivity contribution in [1.82, 2.24) is 28.6 Å². The first-order valence-corrected chi connectivity index (χ1v) is 18.3. The number of pyridine rings is 1. The molecule has 0 spiro atoms. The lowest BCUT2D eigenvalue weighted by Crippen LogP contribution is -2.58. The van der Waals surface area contributed by atoms with E-state index >= 15 is 0 Å². The van der Waals surface area contributed by atoms with E-state index in [1.807, 2.05) is 90.9 Å². The number of hydrogen-bond donors (Lipinski definition) is 0. The Labute approximate surface area is 293 Å². The van der Waals surface area contributed by atoms with Gasteiger partial charge in [0.05, 0.1) is 31.4 Å². The molecule has 13 heteroatoms. The van der Waals surface area contributed by atoms with Crippen molar-refractivity contribution in [2.75, 3.05) is 39.8 Å². The van der Waals surface area contributed by atoms with Crippen LogP contribution in [-0.4, -0.2) is 101 Å². The van der Waals surface area contributed by atoms with E-state index in [2.05, 4.69) is 4.98 Å². The predicted molar refractivity (Wildman–Crippen MR) is 188 cm³/mol. The number of carbonyl (C=O) groups is 2. The molecule has 2 amide bonds. The lowest BCUT2D eigenvalue weighted by molar-refractivity contribution is 0.00429. The second kappa shape index (κ2) is 14.6. The van der Waals surface area contributed by atoms with Crippen molar-refractivity contribution in [2.24, 2.45) is 0 Å². The van der Waals surface area contributed by atoms with Crippen LogP contribution < -0.4 is 4.74 Å². The predicted octanol–water partition coefficient (Wildman–Crippen LogP) is 5.28. The lowest BCUT2D eigenvalue weighted by Gasteiger charge is -2.41. The average Bonchev–Trinajstić information content (AvgIpc) is 3.57. The van der Waals surface area contributed by atoms with Crippen LogP contribution in [0.15, 0.2) is 90.2 Å². The summed E-state index contributed by atoms with van der Waals surface area (Å²) in [5.41, 5.74) is 2.14. The monoisotopic (exact) mass is 700 g/mol. The maximum absolute atomic E-state index is 14.6. The number of imidazole rings is 1. The Balaban J connectivity index is 1.31. The molecule has 2 fully saturated rings. The highest BCUT2D eigenvalue weighted by Crippen LogP contribution is 2.34. The van der Waals surface area contributed by atoms with E-state index in [1.54, 1.807) is 11.2 Å². The molecule has 12 nitrogen and oxygen atoms in total. The number of hydrogen-bond acceptors (Lipinski definition) is 8. The topological polar surface area (TPSA) is 127 Å². The van der Waals surface area contributed by atoms with E-state index in [0.717, 1.165) is 11.1 Å². The molecule has 0 bridgehead atoms. The van der Waals surface area contributed by atoms with Crippen LogP contribution in [0.5, 0.6) is 5.88 Å². The van der Waals surface area contributed by atoms with E-state index in [0.29, 0.717) is 62.7 Å². The van der Waals surface area contributed by atoms with Crippen molar-refractivity contribution in [2.45, 2.75) is 62.6 Å². The van der Waals surface area contributed by atoms with Gasteiger partial charge in [0, 0.05) is 50.4 Å². The number of nitrogens with zero attached hydrogens (tertiary/aromatic N) is 6. The smallest absolute Gasteiger partial charge is 0.410 e. The third-order valence-electron chi connectivity index (χ3n) is 9.06. The van der Waals surface area contributed by atoms with Crippen LogP contribution >= 0.6 is 0 Å². The van der Waals surface area contributed by atoms with Crippen molar-refractivity contribution in [3.63, 3.8) is 0 Å². The Bertz CT molecular complexity index is 1890. The van der Waals surface area contributed by atoms with Gasteiger partial charge in [-0.1, -0.05) is 60.7 Å². The van der Waals surface area contributed by atoms with Crippen molar-refractivity contribution in [3.8, 4) is 17.1 Å². The Morgan fingerprint density at radius 1 is 0.900 bits per heavy atom. The number of sulfonamides is 1. The first-order valence-electron chi connectivity index (χ1n) is 16.9. The molecule has 2 aromatic carbocycles. The van der Waals surface area contributed by atoms with Crippen LogP contribution in [0.25, 0.3) is 11.3 Å². The molecular formula is C37H44N6O6S. The summed E-state index contributed by atoms with van der Waals surface area (Å²) in [6, 6.07) is 22.0. The second-order valence-electron chi connectivity index (χ2n) is 13.7. The van der Waals surface area contributed by atoms with Crippen LogP contribution in [0.2, 0.25) is 0 Å². The molecule has 0 saturated carbocycles. The Hall–Kier alpha value is -4.75. The second-order valence-corrected chi connectivity index (χ2v) is 15.6. The van der Waals surface area contributed by atoms with Gasteiger partial charge >= 0.3 is 6.09 Å². The van der Waals surface area contributed by atoms with Crippen LogP contribution in [0.3, 0.4) is 0 Å². The largest absolute Gasteiger partial charge is 0.481 e. The Morgan fingerprint density at radius 3 is 2.28 bits per heavy atom. The molecule has 2 aliphatic rings. The minimum atomic E-state index is -3.83. The summed E-state index contributed by atoms with van der Waals surface area (Å²) >= 11 is 0. The van der Waals surface area contributed by atoms with E-state index in [-0.39, 0.29) is 29.4 Å². The normalized spacial score (nSPS) is 18.9. The first kappa shape index (κ1) is 35.1. The average molecular weight is 701 g/mol. The number of carbonyl (C=O) groups excluding carboxylic acids is 2. The number of ether oxygens (including phenoxy) is 2. The SMILES string of the molecule is COc1ccc(S(=O)(=O)N2CCCC(n3cnc(C(=O)N4CCN(C(=O)OC(C)(C)C)C[C@H]4Cc4ccccc4)c3-c3ccccc3)C2)cn1. The molecule has 4 aromatic rings. The lowest BCUT2D eigenvalue weighted by atomic mass is 10.0. The zero-order chi connectivity index (χ0) is 35.5. The number of rotatable bonds is 8. The number of piperidine rings is 1. The summed E-state index contributed by atoms with van der Waals surface area (Å²) < 4.78 is 41.6. The third kappa shape index (κ3) is 7.68. The van der Waals surface area contributed by atoms with E-state index in [1.165, 1.54) is 29.7 Å². The van der Waals surface area contributed by atoms with Gasteiger partial charge in [-0.3, -0.25) is 4.79 Å². The quantitative estimate of drug-likeness (QED) is 0.243. The van der Waals surface area contributed by atoms with Gasteiger partial charge in [0.25, 0.3) is 5.91 Å². The fourth-order valence-electron chi connectivity index (χ4n) is 6.64. The van der Waals surface area contributed by atoms with E-state index < -0.39 is 21.7 Å². The standard InChI is InChI=1S/C37H44N6O6S/c1-37(2,3)49-36(45)40-20-21-42(30(24-40)22-27-12-7-5-8-13-27)35(44)33-34(28-14-9-6-10-15-28)43(26-39-33)29-16-11-19-41(25-29)50(46,47)31-17-18-32(48-4)38-23-31/h5-10,12-15,17-18,23,26,29-30H,11,16,19-22,24-25H2,1-4H3/t29?,30-/m1/s1. The van der Waals surface area contributed by atoms with Gasteiger partial charge < -0.3 is 23.8 Å². The number of benzene rings is 2. The van der Waals surface area contributed by atoms with Crippen LogP contribution in [0.4, 0.5) is 4.79 Å². The zero-order valence-corrected chi connectivity index (χ0v) is 29.8. The van der Waals surface area contributed by atoms with Crippen molar-refractivity contribution in [3.05, 3.63) is 96.6 Å². The maximum atomic E-state index is 14.6. The molecule has 0 radical (unpaired) electrons. The summed E-state index contributed by atoms with van der Waals surface area (Å²) in [5.74, 6) is 0.0952. The highest BCUT2D eigenvalue weighted by Gasteiger charge is 2.38. The molecular weight excluding hydrogens is 657 g/mol. The zero-order valence-electron chi connectivity index (χ0n) is 28.9. The number of piperazine rings is 1. The Kier molecular flexibility index (Phi) is 10.3. The fourth-order valence-corrected chi connectivity index (χ4v) is 8.11. The van der Waals surface area contributed by atoms with Gasteiger partial charge in [-0.25, -0.2) is 23.2 Å². The van der Waals surface area contributed by atoms with Crippen LogP contribution in [0, 0.1) is 0 Å². The molecule has 2 atom stereocenters. The molecule has 0 N–H and O–H groups in total. The first-order chi connectivity index (χ1) is 23.9. The van der Waals surface area contributed by atoms with Crippen molar-refractivity contribution in [1.29, 1.82) is 0 Å². The number of aromatic nitrogens is 3. The van der Waals surface area contributed by atoms with Gasteiger partial charge in [0.1, 0.15) is 10.5 Å². The molecule has 6 rings (SSSR count). The molecule has 264 valence electrons. The van der Waals surface area contributed by atoms with Crippen LogP contribution in [-0.2, 0) is 21.2 Å². The van der Waals surface area contributed by atoms with E-state index in [9.17, 15) is 18.0 Å². The summed E-state index contributed by atoms with van der Waals surface area (Å²) in [6.07, 6.45) is 4.46. The molecule has 2 aromatic heterocycles. The number of amides is 2. The summed E-state index contributed by atoms with van der Waals surface area (Å²) in [4.78, 5) is 40.2. The molecule has 1 unspecified atom stereocenters. The molecule has 2 aliphatic heterocycles. The number of methoxy groups -OCH3 is 1. The fraction of sp³-hybridized carbons (Fsp3) is 0.405. The molecule has 2 saturated heterocycles. The third-order valence-corrected chi connectivity index (χ3v) is 10.9. The minimum absolute atomic E-state index is 0.0960. The van der Waals surface area contributed by atoms with Crippen molar-refractivity contribution < 1.29 is 27.5 Å². The summed E-state index contributed by atoms with van der Waals surface area (Å²) in [5, 5.41) is 0. The highest BCUT2D eigenvalue weighted by atomic mass is 32.2. The van der Waals surface area contributed by atoms with Gasteiger partial charge in [0.15, 0.2) is 5.69 Å². The van der Waals surface area contributed by atoms with Gasteiger partial charge in [-0.2, -0.15) is 4.31 Å². The summed E-state index contributed by atoms with van der Waals surface area (Å²) in [7, 11) is -2.35. The van der Waals surface area contributed by atoms with E-state index in [4.69, 9.17) is 14.5 Å². The Morgan fingerprint density at radius 2 is 1.62 bits per heavy atom. The molecule has 4 heterocycles. The minimum Gasteiger partial charge on any atom is -0.481 e. The van der Waals surface area contributed by atoms with Crippen LogP contribution in [0.1, 0.15) is 55.7 Å². The maximum Gasteiger partial charge on any atom is 0.410 e. The molecule has 0 aliphatic carbocycles.